The number of amides is 1. The molecule has 5 heteroatoms. The van der Waals surface area contributed by atoms with Gasteiger partial charge in [-0.2, -0.15) is 0 Å². The van der Waals surface area contributed by atoms with Crippen LogP contribution in [0.2, 0.25) is 0 Å². The molecule has 182 valence electrons. The Hall–Kier alpha value is -3.47. The third-order valence-corrected chi connectivity index (χ3v) is 7.41. The summed E-state index contributed by atoms with van der Waals surface area (Å²) in [7, 11) is 3.21. The van der Waals surface area contributed by atoms with Crippen molar-refractivity contribution < 1.29 is 14.3 Å². The van der Waals surface area contributed by atoms with E-state index in [-0.39, 0.29) is 18.0 Å². The Morgan fingerprint density at radius 1 is 0.943 bits per heavy atom. The molecule has 5 rings (SSSR count). The zero-order valence-electron chi connectivity index (χ0n) is 20.9. The maximum atomic E-state index is 14.0. The Balaban J connectivity index is 1.57. The third kappa shape index (κ3) is 4.24. The molecule has 5 nitrogen and oxygen atoms in total. The van der Waals surface area contributed by atoms with E-state index in [0.717, 1.165) is 44.3 Å². The van der Waals surface area contributed by atoms with Gasteiger partial charge < -0.3 is 19.3 Å². The number of benzene rings is 3. The first-order valence-electron chi connectivity index (χ1n) is 12.6. The van der Waals surface area contributed by atoms with Crippen LogP contribution in [0, 0.1) is 0 Å². The molecule has 0 saturated carbocycles. The number of carbonyl (C=O) groups is 1. The standard InChI is InChI=1S/C30H34N2O3/c1-4-10-23-20-27(31-18-9-12-21-11-5-7-14-25(21)31)24-13-6-8-15-26(24)32(23)30(33)22-16-17-28(34-2)29(19-22)35-3/h5-8,11,13-17,19,23,27H,4,9-10,12,18,20H2,1-3H3. The van der Waals surface area contributed by atoms with Gasteiger partial charge in [0.05, 0.1) is 20.3 Å². The number of ether oxygens (including phenoxy) is 2. The summed E-state index contributed by atoms with van der Waals surface area (Å²) in [6.45, 7) is 3.24. The van der Waals surface area contributed by atoms with Crippen LogP contribution in [0.3, 0.4) is 0 Å². The van der Waals surface area contributed by atoms with Crippen molar-refractivity contribution in [3.8, 4) is 11.5 Å². The van der Waals surface area contributed by atoms with Gasteiger partial charge in [0.25, 0.3) is 5.91 Å². The minimum atomic E-state index is 0.00865. The summed E-state index contributed by atoms with van der Waals surface area (Å²) in [6, 6.07) is 23.1. The Morgan fingerprint density at radius 2 is 1.69 bits per heavy atom. The summed E-state index contributed by atoms with van der Waals surface area (Å²) in [6.07, 6.45) is 5.18. The van der Waals surface area contributed by atoms with Gasteiger partial charge in [0, 0.05) is 29.5 Å². The molecule has 0 aromatic heterocycles. The SMILES string of the molecule is CCCC1CC(N2CCCc3ccccc32)c2ccccc2N1C(=O)c1ccc(OC)c(OC)c1. The van der Waals surface area contributed by atoms with Crippen molar-refractivity contribution in [2.24, 2.45) is 0 Å². The van der Waals surface area contributed by atoms with E-state index in [9.17, 15) is 4.79 Å². The van der Waals surface area contributed by atoms with E-state index in [4.69, 9.17) is 9.47 Å². The van der Waals surface area contributed by atoms with Crippen molar-refractivity contribution in [3.05, 3.63) is 83.4 Å². The molecule has 2 aliphatic heterocycles. The van der Waals surface area contributed by atoms with Crippen LogP contribution in [0.25, 0.3) is 0 Å². The van der Waals surface area contributed by atoms with Crippen LogP contribution in [-0.2, 0) is 6.42 Å². The second kappa shape index (κ2) is 10.0. The van der Waals surface area contributed by atoms with Gasteiger partial charge in [0.1, 0.15) is 0 Å². The van der Waals surface area contributed by atoms with E-state index in [1.165, 1.54) is 16.8 Å². The van der Waals surface area contributed by atoms with Crippen LogP contribution in [0.5, 0.6) is 11.5 Å². The van der Waals surface area contributed by atoms with E-state index < -0.39 is 0 Å². The van der Waals surface area contributed by atoms with Crippen molar-refractivity contribution in [2.75, 3.05) is 30.6 Å². The summed E-state index contributed by atoms with van der Waals surface area (Å²) in [4.78, 5) is 18.6. The van der Waals surface area contributed by atoms with Gasteiger partial charge in [-0.05, 0) is 67.1 Å². The summed E-state index contributed by atoms with van der Waals surface area (Å²) in [5.74, 6) is 1.20. The van der Waals surface area contributed by atoms with Crippen molar-refractivity contribution >= 4 is 17.3 Å². The van der Waals surface area contributed by atoms with Gasteiger partial charge in [0.2, 0.25) is 0 Å². The van der Waals surface area contributed by atoms with Crippen LogP contribution in [0.4, 0.5) is 11.4 Å². The molecule has 3 aromatic rings. The average Bonchev–Trinajstić information content (AvgIpc) is 2.91. The fraction of sp³-hybridized carbons (Fsp3) is 0.367. The number of methoxy groups -OCH3 is 2. The number of carbonyl (C=O) groups excluding carboxylic acids is 1. The lowest BCUT2D eigenvalue weighted by atomic mass is 9.85. The molecule has 35 heavy (non-hydrogen) atoms. The third-order valence-electron chi connectivity index (χ3n) is 7.41. The number of hydrogen-bond donors (Lipinski definition) is 0. The van der Waals surface area contributed by atoms with Gasteiger partial charge in [-0.1, -0.05) is 49.7 Å². The molecule has 0 spiro atoms. The summed E-state index contributed by atoms with van der Waals surface area (Å²) in [5.41, 5.74) is 5.62. The van der Waals surface area contributed by atoms with E-state index in [1.54, 1.807) is 20.3 Å². The topological polar surface area (TPSA) is 42.0 Å². The fourth-order valence-electron chi connectivity index (χ4n) is 5.82. The Bertz CT molecular complexity index is 1210. The lowest BCUT2D eigenvalue weighted by Gasteiger charge is -2.47. The maximum Gasteiger partial charge on any atom is 0.258 e. The maximum absolute atomic E-state index is 14.0. The number of anilines is 2. The second-order valence-electron chi connectivity index (χ2n) is 9.42. The highest BCUT2D eigenvalue weighted by molar-refractivity contribution is 6.07. The molecule has 1 amide bonds. The number of fused-ring (bicyclic) bond motifs is 2. The van der Waals surface area contributed by atoms with E-state index >= 15 is 0 Å². The molecule has 2 aliphatic rings. The van der Waals surface area contributed by atoms with Crippen LogP contribution in [0.15, 0.2) is 66.7 Å². The molecule has 0 aliphatic carbocycles. The summed E-state index contributed by atoms with van der Waals surface area (Å²) >= 11 is 0. The average molecular weight is 471 g/mol. The van der Waals surface area contributed by atoms with E-state index in [0.29, 0.717) is 17.1 Å². The fourth-order valence-corrected chi connectivity index (χ4v) is 5.82. The minimum Gasteiger partial charge on any atom is -0.493 e. The van der Waals surface area contributed by atoms with Crippen LogP contribution < -0.4 is 19.3 Å². The second-order valence-corrected chi connectivity index (χ2v) is 9.42. The predicted molar refractivity (Wildman–Crippen MR) is 141 cm³/mol. The molecule has 0 bridgehead atoms. The number of para-hydroxylation sites is 2. The first-order chi connectivity index (χ1) is 17.2. The monoisotopic (exact) mass is 470 g/mol. The lowest BCUT2D eigenvalue weighted by Crippen LogP contribution is -2.48. The molecule has 2 heterocycles. The highest BCUT2D eigenvalue weighted by Gasteiger charge is 2.39. The highest BCUT2D eigenvalue weighted by atomic mass is 16.5. The van der Waals surface area contributed by atoms with Crippen LogP contribution in [0.1, 0.15) is 60.1 Å². The van der Waals surface area contributed by atoms with Gasteiger partial charge in [-0.25, -0.2) is 0 Å². The largest absolute Gasteiger partial charge is 0.493 e. The quantitative estimate of drug-likeness (QED) is 0.417. The van der Waals surface area contributed by atoms with Gasteiger partial charge >= 0.3 is 0 Å². The minimum absolute atomic E-state index is 0.00865. The first-order valence-corrected chi connectivity index (χ1v) is 12.6. The molecule has 3 aromatic carbocycles. The molecule has 0 radical (unpaired) electrons. The molecule has 0 fully saturated rings. The van der Waals surface area contributed by atoms with E-state index in [1.807, 2.05) is 23.1 Å². The van der Waals surface area contributed by atoms with Crippen LogP contribution >= 0.6 is 0 Å². The van der Waals surface area contributed by atoms with Gasteiger partial charge in [-0.15, -0.1) is 0 Å². The number of nitrogens with zero attached hydrogens (tertiary/aromatic N) is 2. The van der Waals surface area contributed by atoms with Gasteiger partial charge in [-0.3, -0.25) is 4.79 Å². The molecule has 0 saturated heterocycles. The predicted octanol–water partition coefficient (Wildman–Crippen LogP) is 6.42. The van der Waals surface area contributed by atoms with E-state index in [2.05, 4.69) is 54.3 Å². The number of aryl methyl sites for hydroxylation is 1. The molecular weight excluding hydrogens is 436 g/mol. The summed E-state index contributed by atoms with van der Waals surface area (Å²) < 4.78 is 10.9. The van der Waals surface area contributed by atoms with Crippen molar-refractivity contribution in [3.63, 3.8) is 0 Å². The highest BCUT2D eigenvalue weighted by Crippen LogP contribution is 2.45. The number of hydrogen-bond acceptors (Lipinski definition) is 4. The normalized spacial score (nSPS) is 19.1. The smallest absolute Gasteiger partial charge is 0.258 e. The van der Waals surface area contributed by atoms with Crippen molar-refractivity contribution in [1.82, 2.24) is 0 Å². The Kier molecular flexibility index (Phi) is 6.67. The molecular formula is C30H34N2O3. The molecule has 2 atom stereocenters. The Labute approximate surface area is 208 Å². The first kappa shape index (κ1) is 23.3. The zero-order chi connectivity index (χ0) is 24.4. The molecule has 0 N–H and O–H groups in total. The van der Waals surface area contributed by atoms with Crippen LogP contribution in [-0.4, -0.2) is 32.7 Å². The number of rotatable bonds is 6. The lowest BCUT2D eigenvalue weighted by molar-refractivity contribution is 0.0969. The molecule has 2 unspecified atom stereocenters. The van der Waals surface area contributed by atoms with Crippen molar-refractivity contribution in [1.29, 1.82) is 0 Å². The Morgan fingerprint density at radius 3 is 2.46 bits per heavy atom. The van der Waals surface area contributed by atoms with Crippen molar-refractivity contribution in [2.45, 2.75) is 51.1 Å². The summed E-state index contributed by atoms with van der Waals surface area (Å²) in [5, 5.41) is 0. The zero-order valence-corrected chi connectivity index (χ0v) is 20.9. The van der Waals surface area contributed by atoms with Gasteiger partial charge in [0.15, 0.2) is 11.5 Å².